The third kappa shape index (κ3) is 3.64. The molecule has 1 amide bonds. The highest BCUT2D eigenvalue weighted by molar-refractivity contribution is 6.30. The van der Waals surface area contributed by atoms with E-state index in [0.717, 1.165) is 27.8 Å². The molecule has 0 spiro atoms. The number of rotatable bonds is 5. The van der Waals surface area contributed by atoms with E-state index in [4.69, 9.17) is 11.6 Å². The van der Waals surface area contributed by atoms with Crippen LogP contribution in [0.25, 0.3) is 0 Å². The summed E-state index contributed by atoms with van der Waals surface area (Å²) in [6, 6.07) is 16.4. The largest absolute Gasteiger partial charge is 0.375 e. The van der Waals surface area contributed by atoms with E-state index in [0.29, 0.717) is 21.8 Å². The zero-order valence-electron chi connectivity index (χ0n) is 18.7. The summed E-state index contributed by atoms with van der Waals surface area (Å²) < 4.78 is 0. The van der Waals surface area contributed by atoms with Gasteiger partial charge in [-0.25, -0.2) is 0 Å². The van der Waals surface area contributed by atoms with Crippen LogP contribution in [0.3, 0.4) is 0 Å². The lowest BCUT2D eigenvalue weighted by Gasteiger charge is -2.24. The summed E-state index contributed by atoms with van der Waals surface area (Å²) in [5.74, 6) is -0.715. The highest BCUT2D eigenvalue weighted by atomic mass is 35.5. The molecule has 0 saturated carbocycles. The van der Waals surface area contributed by atoms with Gasteiger partial charge in [0.25, 0.3) is 5.91 Å². The van der Waals surface area contributed by atoms with E-state index >= 15 is 0 Å². The van der Waals surface area contributed by atoms with E-state index in [1.165, 1.54) is 0 Å². The van der Waals surface area contributed by atoms with Crippen molar-refractivity contribution in [1.82, 2.24) is 0 Å². The average molecular weight is 448 g/mol. The highest BCUT2D eigenvalue weighted by Gasteiger charge is 2.51. The van der Waals surface area contributed by atoms with Crippen molar-refractivity contribution in [2.45, 2.75) is 46.3 Å². The molecule has 0 fully saturated rings. The molecular weight excluding hydrogens is 422 g/mol. The third-order valence-corrected chi connectivity index (χ3v) is 6.81. The lowest BCUT2D eigenvalue weighted by molar-refractivity contribution is -0.136. The molecule has 1 aliphatic rings. The molecule has 164 valence electrons. The van der Waals surface area contributed by atoms with Crippen LogP contribution in [0.1, 0.15) is 50.2 Å². The van der Waals surface area contributed by atoms with Crippen LogP contribution in [0, 0.1) is 27.7 Å². The fourth-order valence-electron chi connectivity index (χ4n) is 4.56. The zero-order valence-corrected chi connectivity index (χ0v) is 19.5. The molecule has 1 N–H and O–H groups in total. The normalized spacial score (nSPS) is 17.6. The molecule has 32 heavy (non-hydrogen) atoms. The van der Waals surface area contributed by atoms with Crippen molar-refractivity contribution in [2.75, 3.05) is 4.90 Å². The number of carbonyl (C=O) groups excluding carboxylic acids is 2. The lowest BCUT2D eigenvalue weighted by Crippen LogP contribution is -2.41. The molecular formula is C27H26ClNO3. The average Bonchev–Trinajstić information content (AvgIpc) is 2.96. The topological polar surface area (TPSA) is 57.6 Å². The maximum absolute atomic E-state index is 13.5. The van der Waals surface area contributed by atoms with E-state index in [1.54, 1.807) is 35.2 Å². The number of amides is 1. The van der Waals surface area contributed by atoms with Gasteiger partial charge in [0.2, 0.25) is 0 Å². The molecule has 0 bridgehead atoms. The second-order valence-electron chi connectivity index (χ2n) is 8.63. The van der Waals surface area contributed by atoms with Crippen molar-refractivity contribution in [3.63, 3.8) is 0 Å². The zero-order chi connectivity index (χ0) is 23.2. The number of carbonyl (C=O) groups is 2. The van der Waals surface area contributed by atoms with Gasteiger partial charge >= 0.3 is 0 Å². The second-order valence-corrected chi connectivity index (χ2v) is 9.07. The van der Waals surface area contributed by atoms with Crippen LogP contribution in [0.15, 0.2) is 54.6 Å². The predicted octanol–water partition coefficient (Wildman–Crippen LogP) is 5.58. The number of halogens is 1. The first-order chi connectivity index (χ1) is 15.1. The van der Waals surface area contributed by atoms with Gasteiger partial charge in [-0.3, -0.25) is 9.59 Å². The molecule has 5 heteroatoms. The Morgan fingerprint density at radius 1 is 0.969 bits per heavy atom. The van der Waals surface area contributed by atoms with Crippen molar-refractivity contribution in [1.29, 1.82) is 0 Å². The molecule has 1 aliphatic heterocycles. The molecule has 1 atom stereocenters. The minimum absolute atomic E-state index is 0.231. The summed E-state index contributed by atoms with van der Waals surface area (Å²) >= 11 is 5.99. The van der Waals surface area contributed by atoms with Crippen molar-refractivity contribution >= 4 is 29.0 Å². The van der Waals surface area contributed by atoms with Gasteiger partial charge in [-0.1, -0.05) is 48.0 Å². The Labute approximate surface area is 193 Å². The van der Waals surface area contributed by atoms with Crippen LogP contribution in [-0.2, 0) is 16.9 Å². The number of hydrogen-bond acceptors (Lipinski definition) is 3. The first-order valence-corrected chi connectivity index (χ1v) is 11.0. The van der Waals surface area contributed by atoms with Crippen molar-refractivity contribution in [3.05, 3.63) is 98.6 Å². The van der Waals surface area contributed by atoms with Gasteiger partial charge in [-0.15, -0.1) is 0 Å². The smallest absolute Gasteiger partial charge is 0.264 e. The van der Waals surface area contributed by atoms with Crippen LogP contribution in [-0.4, -0.2) is 16.8 Å². The number of fused-ring (bicyclic) bond motifs is 1. The molecule has 1 unspecified atom stereocenters. The fourth-order valence-corrected chi connectivity index (χ4v) is 4.69. The Hall–Kier alpha value is -2.95. The summed E-state index contributed by atoms with van der Waals surface area (Å²) in [4.78, 5) is 28.5. The molecule has 0 aliphatic carbocycles. The summed E-state index contributed by atoms with van der Waals surface area (Å²) in [5, 5.41) is 12.2. The molecule has 0 aromatic heterocycles. The van der Waals surface area contributed by atoms with Crippen molar-refractivity contribution in [2.24, 2.45) is 0 Å². The number of Topliss-reactive ketones (excluding diaryl/α,β-unsaturated/α-hetero) is 1. The number of benzene rings is 3. The quantitative estimate of drug-likeness (QED) is 0.519. The minimum Gasteiger partial charge on any atom is -0.375 e. The summed E-state index contributed by atoms with van der Waals surface area (Å²) in [6.07, 6.45) is -0.301. The summed E-state index contributed by atoms with van der Waals surface area (Å²) in [7, 11) is 0. The van der Waals surface area contributed by atoms with E-state index in [1.807, 2.05) is 45.9 Å². The van der Waals surface area contributed by atoms with Gasteiger partial charge < -0.3 is 10.0 Å². The number of nitrogens with zero attached hydrogens (tertiary/aromatic N) is 1. The summed E-state index contributed by atoms with van der Waals surface area (Å²) in [6.45, 7) is 8.05. The number of ketones is 1. The maximum atomic E-state index is 13.5. The molecule has 3 aromatic carbocycles. The van der Waals surface area contributed by atoms with Gasteiger partial charge in [-0.2, -0.15) is 0 Å². The van der Waals surface area contributed by atoms with Gasteiger partial charge in [0.1, 0.15) is 0 Å². The fraction of sp³-hybridized carbons (Fsp3) is 0.259. The van der Waals surface area contributed by atoms with Crippen LogP contribution in [0.2, 0.25) is 5.02 Å². The maximum Gasteiger partial charge on any atom is 0.264 e. The summed E-state index contributed by atoms with van der Waals surface area (Å²) in [5.41, 5.74) is 4.47. The molecule has 1 heterocycles. The van der Waals surface area contributed by atoms with Crippen molar-refractivity contribution < 1.29 is 14.7 Å². The number of aryl methyl sites for hydroxylation is 2. The van der Waals surface area contributed by atoms with E-state index in [2.05, 4.69) is 6.07 Å². The first kappa shape index (κ1) is 22.3. The molecule has 0 saturated heterocycles. The number of hydrogen-bond donors (Lipinski definition) is 1. The molecule has 0 radical (unpaired) electrons. The third-order valence-electron chi connectivity index (χ3n) is 6.55. The molecule has 4 nitrogen and oxygen atoms in total. The standard InChI is InChI=1S/C27H26ClNO3/c1-16-13-17(2)19(4)25(18(16)3)24(30)14-27(32)22-7-5-6-8-23(22)29(26(27)31)15-20-9-11-21(28)12-10-20/h5-13,32H,14-15H2,1-4H3. The van der Waals surface area contributed by atoms with Crippen molar-refractivity contribution in [3.8, 4) is 0 Å². The van der Waals surface area contributed by atoms with Gasteiger partial charge in [0, 0.05) is 16.1 Å². The minimum atomic E-state index is -1.91. The SMILES string of the molecule is Cc1cc(C)c(C)c(C(=O)CC2(O)C(=O)N(Cc3ccc(Cl)cc3)c3ccccc32)c1C. The van der Waals surface area contributed by atoms with Crippen LogP contribution in [0.4, 0.5) is 5.69 Å². The second kappa shape index (κ2) is 8.19. The Balaban J connectivity index is 1.72. The predicted molar refractivity (Wildman–Crippen MR) is 127 cm³/mol. The lowest BCUT2D eigenvalue weighted by atomic mass is 9.84. The monoisotopic (exact) mass is 447 g/mol. The Kier molecular flexibility index (Phi) is 5.70. The van der Waals surface area contributed by atoms with E-state index in [-0.39, 0.29) is 18.7 Å². The number of para-hydroxylation sites is 1. The first-order valence-electron chi connectivity index (χ1n) is 10.6. The van der Waals surface area contributed by atoms with Gasteiger partial charge in [0.05, 0.1) is 18.7 Å². The van der Waals surface area contributed by atoms with E-state index < -0.39 is 11.5 Å². The molecule has 4 rings (SSSR count). The number of anilines is 1. The van der Waals surface area contributed by atoms with Crippen LogP contribution in [0.5, 0.6) is 0 Å². The Bertz CT molecular complexity index is 1210. The Morgan fingerprint density at radius 2 is 1.56 bits per heavy atom. The Morgan fingerprint density at radius 3 is 2.19 bits per heavy atom. The highest BCUT2D eigenvalue weighted by Crippen LogP contribution is 2.44. The van der Waals surface area contributed by atoms with Gasteiger partial charge in [-0.05, 0) is 73.7 Å². The number of aliphatic hydroxyl groups is 1. The van der Waals surface area contributed by atoms with Crippen LogP contribution >= 0.6 is 11.6 Å². The van der Waals surface area contributed by atoms with E-state index in [9.17, 15) is 14.7 Å². The van der Waals surface area contributed by atoms with Crippen LogP contribution < -0.4 is 4.90 Å². The molecule has 3 aromatic rings. The van der Waals surface area contributed by atoms with Gasteiger partial charge in [0.15, 0.2) is 11.4 Å².